The lowest BCUT2D eigenvalue weighted by Crippen LogP contribution is -1.82. The molecule has 0 saturated heterocycles. The van der Waals surface area contributed by atoms with Gasteiger partial charge in [-0.2, -0.15) is 0 Å². The molecule has 81 heavy (non-hydrogen) atoms. The summed E-state index contributed by atoms with van der Waals surface area (Å²) in [7, 11) is 0. The van der Waals surface area contributed by atoms with Gasteiger partial charge in [0.15, 0.2) is 16.7 Å². The summed E-state index contributed by atoms with van der Waals surface area (Å²) in [5.74, 6) is 0. The number of fused-ring (bicyclic) bond motifs is 12. The van der Waals surface area contributed by atoms with Crippen molar-refractivity contribution >= 4 is 88.0 Å². The Morgan fingerprint density at radius 2 is 0.815 bits per heavy atom. The Bertz CT molecular complexity index is 4840. The van der Waals surface area contributed by atoms with Crippen LogP contribution in [0.25, 0.3) is 133 Å². The van der Waals surface area contributed by atoms with E-state index in [1.807, 2.05) is 115 Å². The molecule has 0 radical (unpaired) electrons. The first kappa shape index (κ1) is 40.7. The molecule has 8 nitrogen and oxygen atoms in total. The van der Waals surface area contributed by atoms with Gasteiger partial charge in [-0.3, -0.25) is 19.9 Å². The average Bonchev–Trinajstić information content (AvgIpc) is 1.66. The van der Waals surface area contributed by atoms with Gasteiger partial charge in [-0.15, -0.1) is 0 Å². The summed E-state index contributed by atoms with van der Waals surface area (Å²) in [4.78, 5) is 17.3. The lowest BCUT2D eigenvalue weighted by molar-refractivity contribution is 0.668. The highest BCUT2D eigenvalue weighted by Gasteiger charge is 2.16. The fraction of sp³-hybridized carbons (Fsp3) is 0.0685. The van der Waals surface area contributed by atoms with Crippen LogP contribution < -0.4 is 0 Å². The van der Waals surface area contributed by atoms with E-state index in [-0.39, 0.29) is 0 Å². The smallest absolute Gasteiger partial charge is 0.161 e. The zero-order valence-electron chi connectivity index (χ0n) is 52.7. The molecular weight excluding hydrogens is 997 g/mol. The number of furan rings is 4. The average molecular weight is 1060 g/mol. The van der Waals surface area contributed by atoms with E-state index in [1.54, 1.807) is 85.7 Å². The third-order valence-electron chi connectivity index (χ3n) is 14.4. The molecule has 0 saturated carbocycles. The van der Waals surface area contributed by atoms with Gasteiger partial charge >= 0.3 is 0 Å². The molecule has 16 rings (SSSR count). The maximum Gasteiger partial charge on any atom is 0.161 e. The van der Waals surface area contributed by atoms with Gasteiger partial charge in [0.1, 0.15) is 38.9 Å². The molecule has 0 fully saturated rings. The summed E-state index contributed by atoms with van der Waals surface area (Å²) >= 11 is 0. The molecule has 8 aromatic heterocycles. The predicted molar refractivity (Wildman–Crippen MR) is 331 cm³/mol. The minimum Gasteiger partial charge on any atom is -0.455 e. The normalized spacial score (nSPS) is 13.4. The molecule has 0 N–H and O–H groups in total. The Kier molecular flexibility index (Phi) is 10.9. The van der Waals surface area contributed by atoms with Crippen molar-refractivity contribution in [2.24, 2.45) is 0 Å². The van der Waals surface area contributed by atoms with Crippen molar-refractivity contribution in [1.29, 1.82) is 0 Å². The number of para-hydroxylation sites is 4. The quantitative estimate of drug-likeness (QED) is 0.168. The summed E-state index contributed by atoms with van der Waals surface area (Å²) in [6.07, 6.45) is 11.6. The van der Waals surface area contributed by atoms with Crippen LogP contribution in [0.1, 0.15) is 41.5 Å². The zero-order valence-corrected chi connectivity index (χ0v) is 43.7. The lowest BCUT2D eigenvalue weighted by Gasteiger charge is -2.04. The standard InChI is InChI=1S/C19H15NO.3C18H13NO/c1-2-13-8-10-14(11-9-13)15-5-3-6-16-18-17(21-19(15)16)7-4-12-20-18;1-12-5-7-13(8-6-12)14-3-2-4-16-15-9-10-19-11-17(15)20-18(14)16;1-12-6-8-13(9-7-12)15-10-19-11-16-14-4-2-3-5-17(14)20-18(15)16;1-12-6-8-13(9-7-12)14-10-11-19-17-15-4-2-3-5-16(15)20-18(14)17/h3-12H,2H2,1H3;3*2-11H,1H3/i;3*1D3. The van der Waals surface area contributed by atoms with Gasteiger partial charge in [0.25, 0.3) is 0 Å². The van der Waals surface area contributed by atoms with Crippen LogP contribution in [0.5, 0.6) is 0 Å². The first-order chi connectivity index (χ1) is 43.5. The zero-order chi connectivity index (χ0) is 62.3. The Labute approximate surface area is 480 Å². The highest BCUT2D eigenvalue weighted by molar-refractivity contribution is 6.11. The van der Waals surface area contributed by atoms with Crippen LogP contribution in [0.2, 0.25) is 0 Å². The minimum absolute atomic E-state index is 0.325. The van der Waals surface area contributed by atoms with Crippen molar-refractivity contribution in [2.75, 3.05) is 0 Å². The molecule has 0 aliphatic rings. The third kappa shape index (κ3) is 9.85. The number of hydrogen-bond acceptors (Lipinski definition) is 8. The van der Waals surface area contributed by atoms with Gasteiger partial charge in [0.2, 0.25) is 0 Å². The molecule has 0 aliphatic carbocycles. The molecule has 8 heterocycles. The SMILES string of the molecule is CCc1ccc(-c2cccc3c2oc2cccnc23)cc1.[2H]C([2H])([2H])c1ccc(-c2cccc3c2oc2cnccc23)cc1.[2H]C([2H])([2H])c1ccc(-c2ccnc3c2oc2ccccc23)cc1.[2H]C([2H])([2H])c1ccc(-c2cncc3c2oc2ccccc23)cc1. The fourth-order valence-electron chi connectivity index (χ4n) is 10.3. The van der Waals surface area contributed by atoms with Crippen LogP contribution in [0.3, 0.4) is 0 Å². The van der Waals surface area contributed by atoms with Crippen LogP contribution in [-0.2, 0) is 6.42 Å². The monoisotopic (exact) mass is 1060 g/mol. The summed E-state index contributed by atoms with van der Waals surface area (Å²) in [6, 6.07) is 64.8. The predicted octanol–water partition coefficient (Wildman–Crippen LogP) is 20.1. The van der Waals surface area contributed by atoms with E-state index in [9.17, 15) is 0 Å². The van der Waals surface area contributed by atoms with E-state index in [0.29, 0.717) is 16.7 Å². The van der Waals surface area contributed by atoms with Crippen LogP contribution in [0, 0.1) is 20.6 Å². The van der Waals surface area contributed by atoms with Crippen molar-refractivity contribution in [3.63, 3.8) is 0 Å². The second kappa shape index (κ2) is 21.8. The van der Waals surface area contributed by atoms with Gasteiger partial charge in [-0.05, 0) is 103 Å². The Morgan fingerprint density at radius 3 is 1.48 bits per heavy atom. The topological polar surface area (TPSA) is 104 Å². The Morgan fingerprint density at radius 1 is 0.321 bits per heavy atom. The molecule has 16 aromatic rings. The minimum atomic E-state index is -2.10. The van der Waals surface area contributed by atoms with E-state index in [1.165, 1.54) is 11.1 Å². The van der Waals surface area contributed by atoms with Gasteiger partial charge in [-0.25, -0.2) is 0 Å². The van der Waals surface area contributed by atoms with Crippen molar-refractivity contribution in [3.05, 3.63) is 266 Å². The number of pyridine rings is 4. The van der Waals surface area contributed by atoms with E-state index in [2.05, 4.69) is 69.3 Å². The molecule has 0 unspecified atom stereocenters. The molecule has 8 aromatic carbocycles. The van der Waals surface area contributed by atoms with Crippen LogP contribution in [0.15, 0.2) is 261 Å². The van der Waals surface area contributed by atoms with Gasteiger partial charge in [-0.1, -0.05) is 181 Å². The van der Waals surface area contributed by atoms with Crippen LogP contribution in [0.4, 0.5) is 0 Å². The molecule has 0 amide bonds. The lowest BCUT2D eigenvalue weighted by atomic mass is 10.0. The van der Waals surface area contributed by atoms with E-state index < -0.39 is 20.6 Å². The summed E-state index contributed by atoms with van der Waals surface area (Å²) in [6.45, 7) is -4.11. The van der Waals surface area contributed by atoms with Crippen molar-refractivity contribution in [3.8, 4) is 44.5 Å². The number of hydrogen-bond donors (Lipinski definition) is 0. The maximum absolute atomic E-state index is 7.46. The number of aromatic nitrogens is 4. The van der Waals surface area contributed by atoms with Crippen molar-refractivity contribution < 1.29 is 30.0 Å². The van der Waals surface area contributed by atoms with E-state index >= 15 is 0 Å². The fourth-order valence-corrected chi connectivity index (χ4v) is 10.3. The number of benzene rings is 8. The number of rotatable bonds is 5. The largest absolute Gasteiger partial charge is 0.455 e. The van der Waals surface area contributed by atoms with Gasteiger partial charge in [0.05, 0.1) is 6.20 Å². The molecule has 8 heteroatoms. The van der Waals surface area contributed by atoms with Crippen molar-refractivity contribution in [2.45, 2.75) is 33.9 Å². The molecule has 0 spiro atoms. The second-order valence-electron chi connectivity index (χ2n) is 19.4. The summed E-state index contributed by atoms with van der Waals surface area (Å²) in [5, 5.41) is 6.08. The Hall–Kier alpha value is -10.4. The first-order valence-electron chi connectivity index (χ1n) is 30.9. The molecule has 0 atom stereocenters. The van der Waals surface area contributed by atoms with E-state index in [0.717, 1.165) is 133 Å². The molecule has 0 aliphatic heterocycles. The van der Waals surface area contributed by atoms with Gasteiger partial charge < -0.3 is 17.7 Å². The maximum atomic E-state index is 7.46. The second-order valence-corrected chi connectivity index (χ2v) is 19.4. The Balaban J connectivity index is 0.000000110. The molecule has 390 valence electrons. The number of nitrogens with zero attached hydrogens (tertiary/aromatic N) is 4. The number of aryl methyl sites for hydroxylation is 4. The highest BCUT2D eigenvalue weighted by Crippen LogP contribution is 2.39. The molecule has 0 bridgehead atoms. The molecular formula is C73H54N4O4. The summed E-state index contributed by atoms with van der Waals surface area (Å²) in [5.41, 5.74) is 18.2. The van der Waals surface area contributed by atoms with E-state index in [4.69, 9.17) is 30.0 Å². The third-order valence-corrected chi connectivity index (χ3v) is 14.4. The first-order valence-corrected chi connectivity index (χ1v) is 26.4. The van der Waals surface area contributed by atoms with Crippen molar-refractivity contribution in [1.82, 2.24) is 19.9 Å². The highest BCUT2D eigenvalue weighted by atomic mass is 16.3. The van der Waals surface area contributed by atoms with Crippen LogP contribution in [-0.4, -0.2) is 19.9 Å². The summed E-state index contributed by atoms with van der Waals surface area (Å²) < 4.78 is 91.1. The van der Waals surface area contributed by atoms with Crippen LogP contribution >= 0.6 is 0 Å². The van der Waals surface area contributed by atoms with Gasteiger partial charge in [0, 0.05) is 97.9 Å².